The van der Waals surface area contributed by atoms with Crippen LogP contribution in [-0.2, 0) is 9.63 Å². The van der Waals surface area contributed by atoms with Crippen molar-refractivity contribution >= 4 is 14.4 Å². The molecule has 22 heavy (non-hydrogen) atoms. The van der Waals surface area contributed by atoms with Crippen LogP contribution in [0.4, 0.5) is 0 Å². The van der Waals surface area contributed by atoms with E-state index in [2.05, 4.69) is 42.2 Å². The first-order valence-electron chi connectivity index (χ1n) is 8.57. The van der Waals surface area contributed by atoms with Crippen molar-refractivity contribution in [3.05, 3.63) is 12.2 Å². The van der Waals surface area contributed by atoms with Crippen LogP contribution in [0.5, 0.6) is 0 Å². The van der Waals surface area contributed by atoms with E-state index in [9.17, 15) is 4.79 Å². The van der Waals surface area contributed by atoms with Gasteiger partial charge in [-0.15, -0.1) is 5.54 Å². The maximum absolute atomic E-state index is 11.4. The molecule has 1 spiro atoms. The third-order valence-electron chi connectivity index (χ3n) is 5.21. The first-order valence-corrected chi connectivity index (χ1v) is 12.1. The van der Waals surface area contributed by atoms with E-state index >= 15 is 0 Å². The molecule has 2 aliphatic heterocycles. The highest BCUT2D eigenvalue weighted by atomic mass is 28.3. The van der Waals surface area contributed by atoms with Crippen LogP contribution in [0.2, 0.25) is 19.6 Å². The van der Waals surface area contributed by atoms with Crippen molar-refractivity contribution in [3.8, 4) is 11.5 Å². The van der Waals surface area contributed by atoms with Gasteiger partial charge in [0.1, 0.15) is 14.4 Å². The maximum atomic E-state index is 11.4. The minimum absolute atomic E-state index is 0.0457. The lowest BCUT2D eigenvalue weighted by molar-refractivity contribution is -0.215. The fourth-order valence-corrected chi connectivity index (χ4v) is 4.83. The molecule has 3 unspecified atom stereocenters. The molecule has 0 N–H and O–H groups in total. The predicted molar refractivity (Wildman–Crippen MR) is 90.7 cm³/mol. The fourth-order valence-electron chi connectivity index (χ4n) is 4.31. The summed E-state index contributed by atoms with van der Waals surface area (Å²) in [4.78, 5) is 17.6. The Balaban J connectivity index is 1.83. The molecule has 3 nitrogen and oxygen atoms in total. The molecular formula is C18H27NO2Si. The van der Waals surface area contributed by atoms with Gasteiger partial charge < -0.3 is 4.79 Å². The first kappa shape index (κ1) is 16.0. The van der Waals surface area contributed by atoms with E-state index in [4.69, 9.17) is 4.84 Å². The molecule has 0 amide bonds. The summed E-state index contributed by atoms with van der Waals surface area (Å²) in [5.74, 6) is 3.64. The zero-order valence-corrected chi connectivity index (χ0v) is 15.0. The number of carbonyl (C=O) groups is 1. The van der Waals surface area contributed by atoms with Crippen molar-refractivity contribution in [1.29, 1.82) is 0 Å². The summed E-state index contributed by atoms with van der Waals surface area (Å²) in [6.45, 7) is 6.78. The van der Waals surface area contributed by atoms with E-state index in [1.54, 1.807) is 0 Å². The van der Waals surface area contributed by atoms with E-state index in [1.807, 2.05) is 6.08 Å². The zero-order chi connectivity index (χ0) is 15.8. The number of fused-ring (bicyclic) bond motifs is 1. The maximum Gasteiger partial charge on any atom is 0.139 e. The molecule has 4 heteroatoms. The highest BCUT2D eigenvalue weighted by Gasteiger charge is 2.59. The number of rotatable bonds is 2. The highest BCUT2D eigenvalue weighted by Crippen LogP contribution is 2.53. The number of hydrogen-bond acceptors (Lipinski definition) is 3. The average molecular weight is 318 g/mol. The predicted octanol–water partition coefficient (Wildman–Crippen LogP) is 3.33. The van der Waals surface area contributed by atoms with Gasteiger partial charge in [-0.2, -0.15) is 5.06 Å². The Bertz CT molecular complexity index is 523. The van der Waals surface area contributed by atoms with E-state index in [0.29, 0.717) is 5.92 Å². The molecular weight excluding hydrogens is 290 g/mol. The Hall–Kier alpha value is -0.893. The van der Waals surface area contributed by atoms with Crippen LogP contribution in [0, 0.1) is 17.4 Å². The van der Waals surface area contributed by atoms with Crippen LogP contribution >= 0.6 is 0 Å². The van der Waals surface area contributed by atoms with Gasteiger partial charge in [-0.05, 0) is 44.6 Å². The molecule has 3 aliphatic rings. The lowest BCUT2D eigenvalue weighted by Crippen LogP contribution is -2.55. The number of hydrogen-bond donors (Lipinski definition) is 0. The normalized spacial score (nSPS) is 38.4. The average Bonchev–Trinajstić information content (AvgIpc) is 2.63. The van der Waals surface area contributed by atoms with Crippen molar-refractivity contribution in [3.63, 3.8) is 0 Å². The molecule has 2 bridgehead atoms. The Labute approximate surface area is 135 Å². The second-order valence-corrected chi connectivity index (χ2v) is 12.7. The summed E-state index contributed by atoms with van der Waals surface area (Å²) in [7, 11) is -1.32. The van der Waals surface area contributed by atoms with Crippen LogP contribution in [0.25, 0.3) is 0 Å². The largest absolute Gasteiger partial charge is 0.302 e. The Morgan fingerprint density at radius 2 is 1.95 bits per heavy atom. The Morgan fingerprint density at radius 1 is 1.23 bits per heavy atom. The molecule has 0 aromatic carbocycles. The second-order valence-electron chi connectivity index (χ2n) is 7.97. The van der Waals surface area contributed by atoms with Crippen LogP contribution in [0.15, 0.2) is 12.2 Å². The van der Waals surface area contributed by atoms with Crippen molar-refractivity contribution in [1.82, 2.24) is 5.06 Å². The fraction of sp³-hybridized carbons (Fsp3) is 0.722. The van der Waals surface area contributed by atoms with Crippen molar-refractivity contribution in [2.45, 2.75) is 75.9 Å². The molecule has 2 heterocycles. The van der Waals surface area contributed by atoms with Crippen LogP contribution in [0.1, 0.15) is 38.5 Å². The van der Waals surface area contributed by atoms with E-state index < -0.39 is 8.07 Å². The van der Waals surface area contributed by atoms with Gasteiger partial charge in [0.15, 0.2) is 0 Å². The number of piperidine rings is 1. The Morgan fingerprint density at radius 3 is 2.64 bits per heavy atom. The zero-order valence-electron chi connectivity index (χ0n) is 14.0. The summed E-state index contributed by atoms with van der Waals surface area (Å²) >= 11 is 0. The number of allylic oxidation sites excluding steroid dienone is 1. The molecule has 2 saturated heterocycles. The third kappa shape index (κ3) is 2.82. The monoisotopic (exact) mass is 317 g/mol. The van der Waals surface area contributed by atoms with E-state index in [0.717, 1.165) is 38.4 Å². The topological polar surface area (TPSA) is 29.5 Å². The summed E-state index contributed by atoms with van der Waals surface area (Å²) < 4.78 is 0. The van der Waals surface area contributed by atoms with Crippen molar-refractivity contribution < 1.29 is 9.63 Å². The summed E-state index contributed by atoms with van der Waals surface area (Å²) in [5, 5.41) is 2.07. The second kappa shape index (κ2) is 5.96. The van der Waals surface area contributed by atoms with Crippen LogP contribution in [0.3, 0.4) is 0 Å². The molecule has 120 valence electrons. The highest BCUT2D eigenvalue weighted by molar-refractivity contribution is 6.83. The SMILES string of the molecule is C[Si](C)(C)C#C/C=C\C1C2CCCC13CCC[C@@H](C=O)N3O2. The van der Waals surface area contributed by atoms with Gasteiger partial charge in [-0.1, -0.05) is 31.6 Å². The van der Waals surface area contributed by atoms with E-state index in [-0.39, 0.29) is 17.7 Å². The van der Waals surface area contributed by atoms with Gasteiger partial charge >= 0.3 is 0 Å². The van der Waals surface area contributed by atoms with Crippen molar-refractivity contribution in [2.75, 3.05) is 0 Å². The minimum atomic E-state index is -1.32. The Kier molecular flexibility index (Phi) is 4.33. The number of hydroxylamine groups is 2. The standard InChI is InChI=1S/C18H27NO2Si/c1-22(2,3)13-5-4-9-16-17-10-7-12-18(16)11-6-8-15(14-20)19(18)21-17/h4,9,14-17H,6-8,10-12H2,1-3H3/b9-4-/t15-,16?,17?,18?/m0/s1. The lowest BCUT2D eigenvalue weighted by atomic mass is 9.67. The molecule has 0 radical (unpaired) electrons. The molecule has 4 atom stereocenters. The molecule has 0 aromatic heterocycles. The third-order valence-corrected chi connectivity index (χ3v) is 6.10. The van der Waals surface area contributed by atoms with Gasteiger partial charge in [0.2, 0.25) is 0 Å². The number of aldehydes is 1. The van der Waals surface area contributed by atoms with Crippen LogP contribution < -0.4 is 0 Å². The first-order chi connectivity index (χ1) is 10.5. The lowest BCUT2D eigenvalue weighted by Gasteiger charge is -2.46. The van der Waals surface area contributed by atoms with Gasteiger partial charge in [-0.3, -0.25) is 4.84 Å². The summed E-state index contributed by atoms with van der Waals surface area (Å²) in [5.41, 5.74) is 3.44. The van der Waals surface area contributed by atoms with Gasteiger partial charge in [0, 0.05) is 5.92 Å². The summed E-state index contributed by atoms with van der Waals surface area (Å²) in [6, 6.07) is -0.0548. The minimum Gasteiger partial charge on any atom is -0.302 e. The van der Waals surface area contributed by atoms with Crippen LogP contribution in [-0.4, -0.2) is 37.1 Å². The van der Waals surface area contributed by atoms with E-state index in [1.165, 1.54) is 6.42 Å². The molecule has 3 rings (SSSR count). The molecule has 3 fully saturated rings. The summed E-state index contributed by atoms with van der Waals surface area (Å²) in [6.07, 6.45) is 12.3. The van der Waals surface area contributed by atoms with Gasteiger partial charge in [-0.25, -0.2) is 0 Å². The molecule has 0 aromatic rings. The number of carbonyl (C=O) groups excluding carboxylic acids is 1. The number of nitrogens with zero attached hydrogens (tertiary/aromatic N) is 1. The quantitative estimate of drug-likeness (QED) is 0.444. The van der Waals surface area contributed by atoms with Gasteiger partial charge in [0.05, 0.1) is 17.7 Å². The van der Waals surface area contributed by atoms with Gasteiger partial charge in [0.25, 0.3) is 0 Å². The molecule has 1 saturated carbocycles. The smallest absolute Gasteiger partial charge is 0.139 e. The molecule has 1 aliphatic carbocycles. The van der Waals surface area contributed by atoms with Crippen molar-refractivity contribution in [2.24, 2.45) is 5.92 Å².